The highest BCUT2D eigenvalue weighted by Gasteiger charge is 2.04. The van der Waals surface area contributed by atoms with E-state index in [1.54, 1.807) is 6.20 Å². The van der Waals surface area contributed by atoms with Crippen LogP contribution in [0.4, 0.5) is 0 Å². The van der Waals surface area contributed by atoms with Crippen LogP contribution in [-0.4, -0.2) is 11.6 Å². The first-order chi connectivity index (χ1) is 6.77. The fourth-order valence-corrected chi connectivity index (χ4v) is 1.13. The molecule has 0 aliphatic heterocycles. The van der Waals surface area contributed by atoms with Crippen LogP contribution in [0.2, 0.25) is 0 Å². The molecule has 1 aromatic rings. The molecular weight excluding hydrogens is 176 g/mol. The van der Waals surface area contributed by atoms with Crippen LogP contribution < -0.4 is 10.5 Å². The van der Waals surface area contributed by atoms with Crippen molar-refractivity contribution in [3.05, 3.63) is 24.0 Å². The van der Waals surface area contributed by atoms with Crippen molar-refractivity contribution in [2.75, 3.05) is 6.61 Å². The monoisotopic (exact) mass is 194 g/mol. The topological polar surface area (TPSA) is 48.1 Å². The Kier molecular flexibility index (Phi) is 4.40. The molecule has 0 unspecified atom stereocenters. The quantitative estimate of drug-likeness (QED) is 0.782. The van der Waals surface area contributed by atoms with E-state index in [1.807, 2.05) is 19.1 Å². The Balaban J connectivity index is 2.59. The van der Waals surface area contributed by atoms with Crippen LogP contribution >= 0.6 is 0 Å². The summed E-state index contributed by atoms with van der Waals surface area (Å²) < 4.78 is 5.42. The van der Waals surface area contributed by atoms with Crippen molar-refractivity contribution in [3.63, 3.8) is 0 Å². The second-order valence-corrected chi connectivity index (χ2v) is 3.28. The van der Waals surface area contributed by atoms with Gasteiger partial charge in [0.1, 0.15) is 5.75 Å². The highest BCUT2D eigenvalue weighted by Crippen LogP contribution is 2.14. The summed E-state index contributed by atoms with van der Waals surface area (Å²) in [5, 5.41) is 0. The standard InChI is InChI=1S/C11H18N2O/c1-3-7-14-9-5-6-11(13-8-9)10(12)4-2/h5-6,8,10H,3-4,7,12H2,1-2H3/t10-/m0/s1. The van der Waals surface area contributed by atoms with Crippen molar-refractivity contribution in [1.29, 1.82) is 0 Å². The zero-order valence-corrected chi connectivity index (χ0v) is 8.86. The normalized spacial score (nSPS) is 12.5. The molecule has 1 aromatic heterocycles. The predicted molar refractivity (Wildman–Crippen MR) is 57.2 cm³/mol. The van der Waals surface area contributed by atoms with Gasteiger partial charge in [-0.2, -0.15) is 0 Å². The average Bonchev–Trinajstić information content (AvgIpc) is 2.26. The number of ether oxygens (including phenoxy) is 1. The van der Waals surface area contributed by atoms with Gasteiger partial charge in [0.25, 0.3) is 0 Å². The van der Waals surface area contributed by atoms with Crippen LogP contribution in [0.5, 0.6) is 5.75 Å². The van der Waals surface area contributed by atoms with E-state index >= 15 is 0 Å². The first-order valence-corrected chi connectivity index (χ1v) is 5.12. The van der Waals surface area contributed by atoms with E-state index in [-0.39, 0.29) is 6.04 Å². The molecule has 0 bridgehead atoms. The van der Waals surface area contributed by atoms with Crippen LogP contribution in [0.25, 0.3) is 0 Å². The lowest BCUT2D eigenvalue weighted by Gasteiger charge is -2.09. The minimum atomic E-state index is 0.0372. The number of nitrogens with two attached hydrogens (primary N) is 1. The molecule has 3 heteroatoms. The smallest absolute Gasteiger partial charge is 0.137 e. The third kappa shape index (κ3) is 3.00. The van der Waals surface area contributed by atoms with E-state index in [1.165, 1.54) is 0 Å². The summed E-state index contributed by atoms with van der Waals surface area (Å²) in [5.74, 6) is 0.818. The van der Waals surface area contributed by atoms with Gasteiger partial charge in [0.15, 0.2) is 0 Å². The van der Waals surface area contributed by atoms with Crippen LogP contribution in [0.1, 0.15) is 38.4 Å². The largest absolute Gasteiger partial charge is 0.492 e. The fourth-order valence-electron chi connectivity index (χ4n) is 1.13. The molecule has 1 rings (SSSR count). The summed E-state index contributed by atoms with van der Waals surface area (Å²) in [4.78, 5) is 4.25. The first kappa shape index (κ1) is 11.0. The lowest BCUT2D eigenvalue weighted by atomic mass is 10.1. The Hall–Kier alpha value is -1.09. The number of hydrogen-bond acceptors (Lipinski definition) is 3. The molecule has 0 aliphatic rings. The van der Waals surface area contributed by atoms with E-state index < -0.39 is 0 Å². The third-order valence-corrected chi connectivity index (χ3v) is 2.05. The summed E-state index contributed by atoms with van der Waals surface area (Å²) in [6.45, 7) is 4.86. The first-order valence-electron chi connectivity index (χ1n) is 5.12. The van der Waals surface area contributed by atoms with E-state index in [9.17, 15) is 0 Å². The number of rotatable bonds is 5. The van der Waals surface area contributed by atoms with Gasteiger partial charge in [0.2, 0.25) is 0 Å². The van der Waals surface area contributed by atoms with Crippen LogP contribution in [0.15, 0.2) is 18.3 Å². The number of pyridine rings is 1. The average molecular weight is 194 g/mol. The molecule has 14 heavy (non-hydrogen) atoms. The Morgan fingerprint density at radius 2 is 2.21 bits per heavy atom. The maximum atomic E-state index is 5.84. The van der Waals surface area contributed by atoms with Gasteiger partial charge in [-0.25, -0.2) is 0 Å². The Bertz CT molecular complexity index is 258. The van der Waals surface area contributed by atoms with E-state index in [2.05, 4.69) is 11.9 Å². The maximum Gasteiger partial charge on any atom is 0.137 e. The summed E-state index contributed by atoms with van der Waals surface area (Å²) in [7, 11) is 0. The second kappa shape index (κ2) is 5.60. The Labute approximate surface area is 85.3 Å². The number of aromatic nitrogens is 1. The van der Waals surface area contributed by atoms with Crippen LogP contribution in [0, 0.1) is 0 Å². The van der Waals surface area contributed by atoms with Gasteiger partial charge in [-0.05, 0) is 25.0 Å². The van der Waals surface area contributed by atoms with Gasteiger partial charge in [-0.3, -0.25) is 4.98 Å². The molecule has 3 nitrogen and oxygen atoms in total. The van der Waals surface area contributed by atoms with Gasteiger partial charge >= 0.3 is 0 Å². The van der Waals surface area contributed by atoms with Gasteiger partial charge in [-0.1, -0.05) is 13.8 Å². The van der Waals surface area contributed by atoms with Gasteiger partial charge in [0, 0.05) is 6.04 Å². The van der Waals surface area contributed by atoms with Gasteiger partial charge in [0.05, 0.1) is 18.5 Å². The van der Waals surface area contributed by atoms with Crippen molar-refractivity contribution < 1.29 is 4.74 Å². The summed E-state index contributed by atoms with van der Waals surface area (Å²) in [6.07, 6.45) is 3.65. The zero-order chi connectivity index (χ0) is 10.4. The van der Waals surface area contributed by atoms with Gasteiger partial charge in [-0.15, -0.1) is 0 Å². The molecule has 0 radical (unpaired) electrons. The molecule has 1 atom stereocenters. The summed E-state index contributed by atoms with van der Waals surface area (Å²) in [6, 6.07) is 3.89. The maximum absolute atomic E-state index is 5.84. The molecule has 0 saturated carbocycles. The van der Waals surface area contributed by atoms with E-state index in [0.29, 0.717) is 0 Å². The van der Waals surface area contributed by atoms with Crippen molar-refractivity contribution in [2.24, 2.45) is 5.73 Å². The molecule has 0 aromatic carbocycles. The molecule has 0 amide bonds. The lowest BCUT2D eigenvalue weighted by molar-refractivity contribution is 0.316. The van der Waals surface area contributed by atoms with Crippen molar-refractivity contribution in [1.82, 2.24) is 4.98 Å². The second-order valence-electron chi connectivity index (χ2n) is 3.28. The molecule has 0 saturated heterocycles. The molecular formula is C11H18N2O. The number of hydrogen-bond donors (Lipinski definition) is 1. The molecule has 0 aliphatic carbocycles. The zero-order valence-electron chi connectivity index (χ0n) is 8.86. The lowest BCUT2D eigenvalue weighted by Crippen LogP contribution is -2.10. The molecule has 0 fully saturated rings. The fraction of sp³-hybridized carbons (Fsp3) is 0.545. The molecule has 78 valence electrons. The molecule has 2 N–H and O–H groups in total. The minimum Gasteiger partial charge on any atom is -0.492 e. The molecule has 1 heterocycles. The summed E-state index contributed by atoms with van der Waals surface area (Å²) in [5.41, 5.74) is 6.77. The minimum absolute atomic E-state index is 0.0372. The van der Waals surface area contributed by atoms with E-state index in [4.69, 9.17) is 10.5 Å². The Morgan fingerprint density at radius 3 is 2.71 bits per heavy atom. The van der Waals surface area contributed by atoms with Crippen LogP contribution in [0.3, 0.4) is 0 Å². The predicted octanol–water partition coefficient (Wildman–Crippen LogP) is 2.28. The SMILES string of the molecule is CCCOc1ccc([C@@H](N)CC)nc1. The third-order valence-electron chi connectivity index (χ3n) is 2.05. The molecule has 0 spiro atoms. The van der Waals surface area contributed by atoms with E-state index in [0.717, 1.165) is 30.9 Å². The van der Waals surface area contributed by atoms with Crippen molar-refractivity contribution >= 4 is 0 Å². The van der Waals surface area contributed by atoms with Crippen LogP contribution in [-0.2, 0) is 0 Å². The number of nitrogens with zero attached hydrogens (tertiary/aromatic N) is 1. The highest BCUT2D eigenvalue weighted by atomic mass is 16.5. The van der Waals surface area contributed by atoms with Crippen molar-refractivity contribution in [3.8, 4) is 5.75 Å². The van der Waals surface area contributed by atoms with Gasteiger partial charge < -0.3 is 10.5 Å². The Morgan fingerprint density at radius 1 is 1.43 bits per heavy atom. The van der Waals surface area contributed by atoms with Crippen molar-refractivity contribution in [2.45, 2.75) is 32.7 Å². The summed E-state index contributed by atoms with van der Waals surface area (Å²) >= 11 is 0. The highest BCUT2D eigenvalue weighted by molar-refractivity contribution is 5.21.